The third kappa shape index (κ3) is 3.34. The van der Waals surface area contributed by atoms with E-state index < -0.39 is 0 Å². The molecule has 0 aromatic carbocycles. The van der Waals surface area contributed by atoms with Crippen molar-refractivity contribution in [1.29, 1.82) is 0 Å². The van der Waals surface area contributed by atoms with Crippen molar-refractivity contribution in [2.24, 2.45) is 5.92 Å². The predicted molar refractivity (Wildman–Crippen MR) is 100 cm³/mol. The Morgan fingerprint density at radius 3 is 2.63 bits per heavy atom. The van der Waals surface area contributed by atoms with Crippen LogP contribution < -0.4 is 0 Å². The molecule has 0 saturated carbocycles. The van der Waals surface area contributed by atoms with E-state index in [1.54, 1.807) is 29.2 Å². The van der Waals surface area contributed by atoms with E-state index in [-0.39, 0.29) is 17.9 Å². The highest BCUT2D eigenvalue weighted by molar-refractivity contribution is 5.95. The van der Waals surface area contributed by atoms with Gasteiger partial charge in [0.1, 0.15) is 5.69 Å². The van der Waals surface area contributed by atoms with Gasteiger partial charge in [-0.2, -0.15) is 5.10 Å². The van der Waals surface area contributed by atoms with Gasteiger partial charge in [-0.15, -0.1) is 0 Å². The number of carbonyl (C=O) groups is 2. The minimum atomic E-state index is 0.0260. The van der Waals surface area contributed by atoms with Gasteiger partial charge in [0.2, 0.25) is 0 Å². The molecular formula is C20H25N5O2. The fraction of sp³-hybridized carbons (Fsp3) is 0.500. The van der Waals surface area contributed by atoms with Crippen LogP contribution in [-0.2, 0) is 6.54 Å². The van der Waals surface area contributed by atoms with E-state index in [4.69, 9.17) is 0 Å². The zero-order chi connectivity index (χ0) is 19.0. The van der Waals surface area contributed by atoms with Crippen LogP contribution in [0.3, 0.4) is 0 Å². The first-order valence-corrected chi connectivity index (χ1v) is 9.61. The highest BCUT2D eigenvalue weighted by atomic mass is 16.2. The minimum Gasteiger partial charge on any atom is -0.336 e. The number of hydrogen-bond acceptors (Lipinski definition) is 4. The van der Waals surface area contributed by atoms with Gasteiger partial charge in [0.15, 0.2) is 0 Å². The molecule has 27 heavy (non-hydrogen) atoms. The van der Waals surface area contributed by atoms with Crippen molar-refractivity contribution in [2.45, 2.75) is 39.3 Å². The van der Waals surface area contributed by atoms with Gasteiger partial charge < -0.3 is 9.80 Å². The van der Waals surface area contributed by atoms with Gasteiger partial charge in [-0.3, -0.25) is 19.3 Å². The maximum atomic E-state index is 13.2. The van der Waals surface area contributed by atoms with Crippen LogP contribution in [-0.4, -0.2) is 62.1 Å². The van der Waals surface area contributed by atoms with E-state index in [1.165, 1.54) is 0 Å². The Balaban J connectivity index is 1.56. The molecule has 2 bridgehead atoms. The molecule has 2 unspecified atom stereocenters. The van der Waals surface area contributed by atoms with Crippen LogP contribution in [0.25, 0.3) is 0 Å². The summed E-state index contributed by atoms with van der Waals surface area (Å²) < 4.78 is 1.77. The summed E-state index contributed by atoms with van der Waals surface area (Å²) >= 11 is 0. The first-order valence-electron chi connectivity index (χ1n) is 9.61. The second-order valence-electron chi connectivity index (χ2n) is 7.49. The Morgan fingerprint density at radius 1 is 1.11 bits per heavy atom. The van der Waals surface area contributed by atoms with Crippen molar-refractivity contribution in [3.8, 4) is 0 Å². The van der Waals surface area contributed by atoms with E-state index in [0.29, 0.717) is 43.4 Å². The van der Waals surface area contributed by atoms with Crippen molar-refractivity contribution >= 4 is 11.8 Å². The van der Waals surface area contributed by atoms with Crippen molar-refractivity contribution in [1.82, 2.24) is 24.6 Å². The molecule has 5 heterocycles. The van der Waals surface area contributed by atoms with Gasteiger partial charge in [0.05, 0.1) is 5.69 Å². The van der Waals surface area contributed by atoms with Crippen molar-refractivity contribution < 1.29 is 9.59 Å². The molecule has 5 rings (SSSR count). The Bertz CT molecular complexity index is 847. The molecule has 2 aromatic heterocycles. The summed E-state index contributed by atoms with van der Waals surface area (Å²) in [6, 6.07) is 5.42. The van der Waals surface area contributed by atoms with Crippen LogP contribution in [0.2, 0.25) is 0 Å². The van der Waals surface area contributed by atoms with E-state index in [2.05, 4.69) is 10.1 Å². The molecule has 2 amide bonds. The molecule has 3 fully saturated rings. The molecule has 7 nitrogen and oxygen atoms in total. The predicted octanol–water partition coefficient (Wildman–Crippen LogP) is 1.98. The second-order valence-corrected chi connectivity index (χ2v) is 7.49. The lowest BCUT2D eigenvalue weighted by atomic mass is 9.94. The second kappa shape index (κ2) is 7.13. The number of amides is 2. The average molecular weight is 367 g/mol. The smallest absolute Gasteiger partial charge is 0.272 e. The first kappa shape index (κ1) is 17.7. The maximum Gasteiger partial charge on any atom is 0.272 e. The number of nitrogens with zero attached hydrogens (tertiary/aromatic N) is 5. The van der Waals surface area contributed by atoms with Gasteiger partial charge in [0.25, 0.3) is 11.8 Å². The molecule has 0 radical (unpaired) electrons. The SMILES string of the molecule is CCn1nc(C)cc1C(=O)N1CC2CCC1CN(C(=O)c1ccncc1)C2. The Hall–Kier alpha value is -2.70. The summed E-state index contributed by atoms with van der Waals surface area (Å²) in [5.41, 5.74) is 2.16. The molecule has 2 aromatic rings. The van der Waals surface area contributed by atoms with Crippen LogP contribution in [0.15, 0.2) is 30.6 Å². The Labute approximate surface area is 159 Å². The van der Waals surface area contributed by atoms with Crippen LogP contribution in [0.4, 0.5) is 0 Å². The number of hydrogen-bond donors (Lipinski definition) is 0. The molecule has 3 aliphatic heterocycles. The lowest BCUT2D eigenvalue weighted by Gasteiger charge is -2.36. The van der Waals surface area contributed by atoms with E-state index in [9.17, 15) is 9.59 Å². The normalized spacial score (nSPS) is 22.0. The van der Waals surface area contributed by atoms with Crippen molar-refractivity contribution in [3.63, 3.8) is 0 Å². The zero-order valence-corrected chi connectivity index (χ0v) is 15.8. The summed E-state index contributed by atoms with van der Waals surface area (Å²) in [6.45, 7) is 6.57. The molecule has 0 N–H and O–H groups in total. The summed E-state index contributed by atoms with van der Waals surface area (Å²) in [5, 5.41) is 4.41. The maximum absolute atomic E-state index is 13.2. The van der Waals surface area contributed by atoms with E-state index in [1.807, 2.05) is 29.7 Å². The van der Waals surface area contributed by atoms with E-state index in [0.717, 1.165) is 18.5 Å². The molecule has 3 aliphatic rings. The van der Waals surface area contributed by atoms with Gasteiger partial charge in [0, 0.05) is 50.2 Å². The first-order chi connectivity index (χ1) is 13.1. The number of carbonyl (C=O) groups excluding carboxylic acids is 2. The Morgan fingerprint density at radius 2 is 1.89 bits per heavy atom. The molecular weight excluding hydrogens is 342 g/mol. The molecule has 0 aliphatic carbocycles. The fourth-order valence-electron chi connectivity index (χ4n) is 4.28. The number of fused-ring (bicyclic) bond motifs is 4. The lowest BCUT2D eigenvalue weighted by Crippen LogP contribution is -2.48. The summed E-state index contributed by atoms with van der Waals surface area (Å²) in [7, 11) is 0. The van der Waals surface area contributed by atoms with E-state index >= 15 is 0 Å². The number of aryl methyl sites for hydroxylation is 2. The fourth-order valence-corrected chi connectivity index (χ4v) is 4.28. The third-order valence-electron chi connectivity index (χ3n) is 5.61. The largest absolute Gasteiger partial charge is 0.336 e. The highest BCUT2D eigenvalue weighted by Gasteiger charge is 2.39. The van der Waals surface area contributed by atoms with Gasteiger partial charge in [-0.1, -0.05) is 0 Å². The number of aromatic nitrogens is 3. The highest BCUT2D eigenvalue weighted by Crippen LogP contribution is 2.30. The van der Waals surface area contributed by atoms with Crippen LogP contribution in [0, 0.1) is 12.8 Å². The van der Waals surface area contributed by atoms with Crippen molar-refractivity contribution in [3.05, 3.63) is 47.5 Å². The zero-order valence-electron chi connectivity index (χ0n) is 15.8. The average Bonchev–Trinajstić information content (AvgIpc) is 2.86. The van der Waals surface area contributed by atoms with Gasteiger partial charge in [-0.05, 0) is 50.8 Å². The monoisotopic (exact) mass is 367 g/mol. The van der Waals surface area contributed by atoms with Crippen LogP contribution >= 0.6 is 0 Å². The van der Waals surface area contributed by atoms with Crippen LogP contribution in [0.1, 0.15) is 46.3 Å². The quantitative estimate of drug-likeness (QED) is 0.832. The third-order valence-corrected chi connectivity index (χ3v) is 5.61. The van der Waals surface area contributed by atoms with Crippen LogP contribution in [0.5, 0.6) is 0 Å². The number of pyridine rings is 1. The number of rotatable bonds is 3. The standard InChI is InChI=1S/C20H25N5O2/c1-3-25-18(10-14(2)22-25)20(27)24-12-15-4-5-17(24)13-23(11-15)19(26)16-6-8-21-9-7-16/h6-10,15,17H,3-5,11-13H2,1-2H3. The summed E-state index contributed by atoms with van der Waals surface area (Å²) in [6.07, 6.45) is 5.28. The molecule has 3 saturated heterocycles. The minimum absolute atomic E-state index is 0.0260. The molecule has 0 spiro atoms. The molecule has 7 heteroatoms. The Kier molecular flexibility index (Phi) is 4.68. The summed E-state index contributed by atoms with van der Waals surface area (Å²) in [4.78, 5) is 34.0. The van der Waals surface area contributed by atoms with Gasteiger partial charge >= 0.3 is 0 Å². The summed E-state index contributed by atoms with van der Waals surface area (Å²) in [5.74, 6) is 0.376. The topological polar surface area (TPSA) is 71.3 Å². The number of piperidine rings is 1. The van der Waals surface area contributed by atoms with Gasteiger partial charge in [-0.25, -0.2) is 0 Å². The van der Waals surface area contributed by atoms with Crippen molar-refractivity contribution in [2.75, 3.05) is 19.6 Å². The molecule has 2 atom stereocenters. The lowest BCUT2D eigenvalue weighted by molar-refractivity contribution is 0.0562. The molecule has 142 valence electrons.